The molecule has 2 aromatic carbocycles. The molecule has 5 rings (SSSR count). The molecule has 2 N–H and O–H groups in total. The van der Waals surface area contributed by atoms with E-state index < -0.39 is 18.1 Å². The van der Waals surface area contributed by atoms with Crippen LogP contribution in [0.1, 0.15) is 29.0 Å². The molecular weight excluding hydrogens is 370 g/mol. The first kappa shape index (κ1) is 17.5. The molecule has 0 bridgehead atoms. The summed E-state index contributed by atoms with van der Waals surface area (Å²) in [5, 5.41) is 16.3. The zero-order valence-electron chi connectivity index (χ0n) is 15.5. The van der Waals surface area contributed by atoms with Gasteiger partial charge in [-0.1, -0.05) is 48.5 Å². The van der Waals surface area contributed by atoms with E-state index in [0.717, 1.165) is 27.8 Å². The summed E-state index contributed by atoms with van der Waals surface area (Å²) in [5.41, 5.74) is 5.31. The van der Waals surface area contributed by atoms with Crippen LogP contribution in [-0.4, -0.2) is 40.0 Å². The molecule has 1 unspecified atom stereocenters. The third-order valence-corrected chi connectivity index (χ3v) is 5.75. The molecule has 1 aliphatic heterocycles. The van der Waals surface area contributed by atoms with Gasteiger partial charge in [0.15, 0.2) is 0 Å². The number of aliphatic carboxylic acids is 1. The standard InChI is InChI=1S/C22H19N3O4/c26-21(27)19-10-9-13-11-23-24-20(13)25(19)22(28)29-12-18-16-7-3-1-5-14(16)15-6-2-4-8-17(15)18/h1-8,11,18-19H,9-10,12H2,(H,23,24)(H,26,27). The number of aryl methyl sites for hydroxylation is 1. The van der Waals surface area contributed by atoms with Crippen LogP contribution in [0.15, 0.2) is 54.7 Å². The number of nitrogens with one attached hydrogen (secondary N) is 1. The van der Waals surface area contributed by atoms with Gasteiger partial charge in [0.25, 0.3) is 0 Å². The maximum Gasteiger partial charge on any atom is 0.416 e. The molecule has 1 amide bonds. The fraction of sp³-hybridized carbons (Fsp3) is 0.227. The minimum atomic E-state index is -1.06. The van der Waals surface area contributed by atoms with Crippen molar-refractivity contribution < 1.29 is 19.4 Å². The van der Waals surface area contributed by atoms with E-state index in [1.807, 2.05) is 36.4 Å². The second-order valence-corrected chi connectivity index (χ2v) is 7.31. The molecule has 3 aromatic rings. The summed E-state index contributed by atoms with van der Waals surface area (Å²) in [5.74, 6) is -0.736. The Balaban J connectivity index is 1.42. The Morgan fingerprint density at radius 1 is 1.10 bits per heavy atom. The maximum atomic E-state index is 12.9. The summed E-state index contributed by atoms with van der Waals surface area (Å²) >= 11 is 0. The highest BCUT2D eigenvalue weighted by Gasteiger charge is 2.39. The van der Waals surface area contributed by atoms with Crippen molar-refractivity contribution in [3.63, 3.8) is 0 Å². The van der Waals surface area contributed by atoms with Crippen LogP contribution in [0.5, 0.6) is 0 Å². The van der Waals surface area contributed by atoms with Gasteiger partial charge in [-0.15, -0.1) is 0 Å². The average molecular weight is 389 g/mol. The number of carbonyl (C=O) groups is 2. The second-order valence-electron chi connectivity index (χ2n) is 7.31. The van der Waals surface area contributed by atoms with Gasteiger partial charge < -0.3 is 9.84 Å². The molecule has 0 fully saturated rings. The minimum Gasteiger partial charge on any atom is -0.480 e. The molecule has 1 atom stereocenters. The van der Waals surface area contributed by atoms with Gasteiger partial charge in [-0.05, 0) is 35.1 Å². The van der Waals surface area contributed by atoms with Crippen molar-refractivity contribution in [3.05, 3.63) is 71.4 Å². The van der Waals surface area contributed by atoms with Crippen LogP contribution in [0.25, 0.3) is 11.1 Å². The molecule has 0 saturated heterocycles. The minimum absolute atomic E-state index is 0.0827. The van der Waals surface area contributed by atoms with Gasteiger partial charge in [0.1, 0.15) is 18.5 Å². The molecule has 146 valence electrons. The van der Waals surface area contributed by atoms with Crippen molar-refractivity contribution in [2.75, 3.05) is 11.5 Å². The third-order valence-electron chi connectivity index (χ3n) is 5.75. The maximum absolute atomic E-state index is 12.9. The number of aromatic amines is 1. The van der Waals surface area contributed by atoms with E-state index >= 15 is 0 Å². The number of fused-ring (bicyclic) bond motifs is 4. The van der Waals surface area contributed by atoms with E-state index in [9.17, 15) is 14.7 Å². The van der Waals surface area contributed by atoms with E-state index in [1.54, 1.807) is 6.20 Å². The van der Waals surface area contributed by atoms with Crippen LogP contribution in [-0.2, 0) is 16.0 Å². The average Bonchev–Trinajstić information content (AvgIpc) is 3.34. The predicted octanol–water partition coefficient (Wildman–Crippen LogP) is 3.56. The van der Waals surface area contributed by atoms with E-state index in [0.29, 0.717) is 18.7 Å². The first-order chi connectivity index (χ1) is 14.1. The van der Waals surface area contributed by atoms with Crippen LogP contribution < -0.4 is 4.90 Å². The molecule has 0 saturated carbocycles. The Labute approximate surface area is 166 Å². The number of amides is 1. The van der Waals surface area contributed by atoms with Crippen LogP contribution in [0.2, 0.25) is 0 Å². The summed E-state index contributed by atoms with van der Waals surface area (Å²) in [6.45, 7) is 0.138. The monoisotopic (exact) mass is 389 g/mol. The smallest absolute Gasteiger partial charge is 0.416 e. The van der Waals surface area contributed by atoms with E-state index in [1.165, 1.54) is 4.90 Å². The molecule has 0 radical (unpaired) electrons. The van der Waals surface area contributed by atoms with Crippen molar-refractivity contribution in [1.29, 1.82) is 0 Å². The molecule has 7 heteroatoms. The van der Waals surface area contributed by atoms with Gasteiger partial charge in [-0.25, -0.2) is 14.5 Å². The number of benzene rings is 2. The lowest BCUT2D eigenvalue weighted by Gasteiger charge is -2.31. The van der Waals surface area contributed by atoms with Gasteiger partial charge in [0.2, 0.25) is 0 Å². The number of carboxylic acid groups (broad SMARTS) is 1. The number of nitrogens with zero attached hydrogens (tertiary/aromatic N) is 2. The molecule has 1 aliphatic carbocycles. The van der Waals surface area contributed by atoms with E-state index in [4.69, 9.17) is 4.74 Å². The molecule has 7 nitrogen and oxygen atoms in total. The number of ether oxygens (including phenoxy) is 1. The van der Waals surface area contributed by atoms with E-state index in [-0.39, 0.29) is 12.5 Å². The largest absolute Gasteiger partial charge is 0.480 e. The SMILES string of the molecule is O=C(O)C1CCc2cn[nH]c2N1C(=O)OCC1c2ccccc2-c2ccccc21. The van der Waals surface area contributed by atoms with E-state index in [2.05, 4.69) is 22.3 Å². The number of H-pyrrole nitrogens is 1. The van der Waals surface area contributed by atoms with Crippen molar-refractivity contribution in [3.8, 4) is 11.1 Å². The lowest BCUT2D eigenvalue weighted by atomic mass is 9.98. The zero-order chi connectivity index (χ0) is 20.0. The number of aromatic nitrogens is 2. The topological polar surface area (TPSA) is 95.5 Å². The summed E-state index contributed by atoms with van der Waals surface area (Å²) < 4.78 is 5.66. The Hall–Kier alpha value is -3.61. The molecule has 0 spiro atoms. The van der Waals surface area contributed by atoms with Gasteiger partial charge >= 0.3 is 12.1 Å². The molecule has 29 heavy (non-hydrogen) atoms. The number of anilines is 1. The lowest BCUT2D eigenvalue weighted by Crippen LogP contribution is -2.48. The fourth-order valence-corrected chi connectivity index (χ4v) is 4.39. The van der Waals surface area contributed by atoms with Crippen molar-refractivity contribution in [1.82, 2.24) is 10.2 Å². The Morgan fingerprint density at radius 2 is 1.76 bits per heavy atom. The van der Waals surface area contributed by atoms with Gasteiger partial charge in [-0.2, -0.15) is 5.10 Å². The molecule has 2 heterocycles. The highest BCUT2D eigenvalue weighted by atomic mass is 16.6. The number of hydrogen-bond acceptors (Lipinski definition) is 4. The summed E-state index contributed by atoms with van der Waals surface area (Å²) in [6.07, 6.45) is 1.82. The molecule has 1 aromatic heterocycles. The third kappa shape index (κ3) is 2.77. The van der Waals surface area contributed by atoms with Crippen molar-refractivity contribution >= 4 is 17.9 Å². The summed E-state index contributed by atoms with van der Waals surface area (Å²) in [4.78, 5) is 25.8. The fourth-order valence-electron chi connectivity index (χ4n) is 4.39. The van der Waals surface area contributed by atoms with Crippen LogP contribution in [0.3, 0.4) is 0 Å². The highest BCUT2D eigenvalue weighted by Crippen LogP contribution is 2.44. The molecular formula is C22H19N3O4. The Kier molecular flexibility index (Phi) is 4.08. The van der Waals surface area contributed by atoms with Gasteiger partial charge in [0.05, 0.1) is 6.20 Å². The Bertz CT molecular complexity index is 1060. The Morgan fingerprint density at radius 3 is 2.41 bits per heavy atom. The lowest BCUT2D eigenvalue weighted by molar-refractivity contribution is -0.138. The van der Waals surface area contributed by atoms with Gasteiger partial charge in [0, 0.05) is 11.5 Å². The number of carboxylic acids is 1. The van der Waals surface area contributed by atoms with Crippen LogP contribution in [0, 0.1) is 0 Å². The first-order valence-electron chi connectivity index (χ1n) is 9.54. The molecule has 2 aliphatic rings. The second kappa shape index (κ2) is 6.77. The predicted molar refractivity (Wildman–Crippen MR) is 106 cm³/mol. The number of carbonyl (C=O) groups excluding carboxylic acids is 1. The van der Waals surface area contributed by atoms with Crippen molar-refractivity contribution in [2.45, 2.75) is 24.8 Å². The number of hydrogen-bond donors (Lipinski definition) is 2. The normalized spacial score (nSPS) is 17.4. The number of rotatable bonds is 3. The summed E-state index contributed by atoms with van der Waals surface area (Å²) in [7, 11) is 0. The zero-order valence-corrected chi connectivity index (χ0v) is 15.5. The van der Waals surface area contributed by atoms with Gasteiger partial charge in [-0.3, -0.25) is 5.10 Å². The quantitative estimate of drug-likeness (QED) is 0.714. The highest BCUT2D eigenvalue weighted by molar-refractivity contribution is 5.95. The van der Waals surface area contributed by atoms with Crippen LogP contribution >= 0.6 is 0 Å². The van der Waals surface area contributed by atoms with Crippen molar-refractivity contribution in [2.24, 2.45) is 0 Å². The van der Waals surface area contributed by atoms with Crippen LogP contribution in [0.4, 0.5) is 10.6 Å². The summed E-state index contributed by atoms with van der Waals surface area (Å²) in [6, 6.07) is 15.2. The first-order valence-corrected chi connectivity index (χ1v) is 9.54.